The predicted molar refractivity (Wildman–Crippen MR) is 168 cm³/mol. The molecule has 0 radical (unpaired) electrons. The van der Waals surface area contributed by atoms with Crippen LogP contribution in [0.5, 0.6) is 0 Å². The Kier molecular flexibility index (Phi) is 8.03. The molecule has 4 aliphatic rings. The number of carbonyl (C=O) groups excluding carboxylic acids is 1. The molecular formula is C38H50O5. The first-order valence-corrected chi connectivity index (χ1v) is 16.7. The van der Waals surface area contributed by atoms with Gasteiger partial charge in [0.2, 0.25) is 0 Å². The summed E-state index contributed by atoms with van der Waals surface area (Å²) >= 11 is 0. The summed E-state index contributed by atoms with van der Waals surface area (Å²) in [6, 6.07) is 18.7. The maximum absolute atomic E-state index is 12.5. The molecule has 0 spiro atoms. The molecule has 0 unspecified atom stereocenters. The van der Waals surface area contributed by atoms with Gasteiger partial charge >= 0.3 is 11.9 Å². The number of aliphatic hydroxyl groups is 1. The smallest absolute Gasteiger partial charge is 0.303 e. The fraction of sp³-hybridized carbons (Fsp3) is 0.632. The average Bonchev–Trinajstić information content (AvgIpc) is 3.34. The number of esters is 1. The molecule has 0 bridgehead atoms. The van der Waals surface area contributed by atoms with Gasteiger partial charge in [-0.05, 0) is 115 Å². The SMILES string of the molecule is CC(=O)O[C@H]1C[C@@H]2[C@H](CC[C@]3(C)[C@@H]([C@H](C)CCC(=O)O)CC[C@@H]23)[C@@]2(C)CC[C@@](O)(c3ccc(-c4ccccc4)cc3)C[C@@H]12. The van der Waals surface area contributed by atoms with Crippen molar-refractivity contribution >= 4 is 11.9 Å². The first kappa shape index (κ1) is 30.4. The third-order valence-corrected chi connectivity index (χ3v) is 13.1. The Hall–Kier alpha value is -2.66. The van der Waals surface area contributed by atoms with Crippen molar-refractivity contribution in [2.45, 2.75) is 104 Å². The minimum atomic E-state index is -0.939. The molecule has 0 saturated heterocycles. The second-order valence-electron chi connectivity index (χ2n) is 15.2. The van der Waals surface area contributed by atoms with E-state index in [1.165, 1.54) is 38.2 Å². The summed E-state index contributed by atoms with van der Waals surface area (Å²) < 4.78 is 6.19. The van der Waals surface area contributed by atoms with Crippen LogP contribution in [-0.2, 0) is 19.9 Å². The lowest BCUT2D eigenvalue weighted by Gasteiger charge is -2.63. The lowest BCUT2D eigenvalue weighted by atomic mass is 9.42. The van der Waals surface area contributed by atoms with Gasteiger partial charge < -0.3 is 14.9 Å². The largest absolute Gasteiger partial charge is 0.481 e. The van der Waals surface area contributed by atoms with E-state index < -0.39 is 11.6 Å². The van der Waals surface area contributed by atoms with E-state index in [0.29, 0.717) is 36.0 Å². The summed E-state index contributed by atoms with van der Waals surface area (Å²) in [4.78, 5) is 23.8. The molecule has 10 atom stereocenters. The summed E-state index contributed by atoms with van der Waals surface area (Å²) in [5, 5.41) is 21.5. The van der Waals surface area contributed by atoms with Gasteiger partial charge in [0, 0.05) is 19.3 Å². The van der Waals surface area contributed by atoms with Gasteiger partial charge in [0.1, 0.15) is 6.10 Å². The van der Waals surface area contributed by atoms with Gasteiger partial charge in [0.05, 0.1) is 5.60 Å². The predicted octanol–water partition coefficient (Wildman–Crippen LogP) is 8.24. The van der Waals surface area contributed by atoms with Crippen molar-refractivity contribution in [2.75, 3.05) is 0 Å². The van der Waals surface area contributed by atoms with Crippen molar-refractivity contribution in [1.82, 2.24) is 0 Å². The van der Waals surface area contributed by atoms with E-state index in [2.05, 4.69) is 57.2 Å². The Morgan fingerprint density at radius 3 is 2.23 bits per heavy atom. The van der Waals surface area contributed by atoms with Crippen molar-refractivity contribution in [3.8, 4) is 11.1 Å². The Morgan fingerprint density at radius 1 is 0.884 bits per heavy atom. The van der Waals surface area contributed by atoms with E-state index in [-0.39, 0.29) is 35.2 Å². The topological polar surface area (TPSA) is 83.8 Å². The number of aliphatic carboxylic acids is 1. The minimum absolute atomic E-state index is 0.00752. The lowest BCUT2D eigenvalue weighted by molar-refractivity contribution is -0.206. The summed E-state index contributed by atoms with van der Waals surface area (Å²) in [5.74, 6) is 1.76. The van der Waals surface area contributed by atoms with E-state index in [1.54, 1.807) is 0 Å². The Labute approximate surface area is 257 Å². The molecule has 4 fully saturated rings. The molecule has 5 nitrogen and oxygen atoms in total. The minimum Gasteiger partial charge on any atom is -0.481 e. The van der Waals surface area contributed by atoms with Crippen LogP contribution in [0.1, 0.15) is 97.5 Å². The molecule has 43 heavy (non-hydrogen) atoms. The number of carbonyl (C=O) groups is 2. The van der Waals surface area contributed by atoms with Gasteiger partial charge in [-0.3, -0.25) is 9.59 Å². The van der Waals surface area contributed by atoms with E-state index >= 15 is 0 Å². The number of ether oxygens (including phenoxy) is 1. The fourth-order valence-corrected chi connectivity index (χ4v) is 11.0. The van der Waals surface area contributed by atoms with Crippen molar-refractivity contribution in [3.05, 3.63) is 60.2 Å². The average molecular weight is 587 g/mol. The summed E-state index contributed by atoms with van der Waals surface area (Å²) in [5.41, 5.74) is 2.55. The van der Waals surface area contributed by atoms with E-state index in [0.717, 1.165) is 36.8 Å². The molecule has 5 heteroatoms. The molecule has 0 heterocycles. The van der Waals surface area contributed by atoms with Crippen LogP contribution in [0.2, 0.25) is 0 Å². The standard InChI is InChI=1S/C38H50O5/c1-24(10-17-35(40)41)30-15-16-31-29-22-34(43-25(2)39)33-23-38(42,21-20-37(33,4)32(29)18-19-36(30,31)3)28-13-11-27(12-14-28)26-8-6-5-7-9-26/h5-9,11-14,24,29-34,42H,10,15-23H2,1-4H3,(H,40,41)/t24-,29+,30-,31+,32+,33+,34+,36-,37-,38+/m1/s1. The zero-order valence-corrected chi connectivity index (χ0v) is 26.4. The van der Waals surface area contributed by atoms with Gasteiger partial charge in [0.25, 0.3) is 0 Å². The summed E-state index contributed by atoms with van der Waals surface area (Å²) in [6.45, 7) is 8.72. The van der Waals surface area contributed by atoms with Crippen molar-refractivity contribution in [1.29, 1.82) is 0 Å². The van der Waals surface area contributed by atoms with Crippen molar-refractivity contribution in [2.24, 2.45) is 46.3 Å². The number of carboxylic acids is 1. The summed E-state index contributed by atoms with van der Waals surface area (Å²) in [6.07, 6.45) is 8.66. The fourth-order valence-electron chi connectivity index (χ4n) is 11.0. The molecule has 0 aromatic heterocycles. The first-order valence-electron chi connectivity index (χ1n) is 16.7. The molecule has 2 aromatic rings. The van der Waals surface area contributed by atoms with Gasteiger partial charge in [0.15, 0.2) is 0 Å². The quantitative estimate of drug-likeness (QED) is 0.319. The van der Waals surface area contributed by atoms with Crippen LogP contribution in [0, 0.1) is 46.3 Å². The Morgan fingerprint density at radius 2 is 1.56 bits per heavy atom. The second-order valence-corrected chi connectivity index (χ2v) is 15.2. The third-order valence-electron chi connectivity index (χ3n) is 13.1. The first-order chi connectivity index (χ1) is 20.4. The highest BCUT2D eigenvalue weighted by atomic mass is 16.5. The second kappa shape index (κ2) is 11.4. The normalized spacial score (nSPS) is 39.2. The zero-order chi connectivity index (χ0) is 30.6. The number of benzene rings is 2. The maximum Gasteiger partial charge on any atom is 0.303 e. The van der Waals surface area contributed by atoms with Crippen LogP contribution in [0.15, 0.2) is 54.6 Å². The number of fused-ring (bicyclic) bond motifs is 5. The molecule has 0 aliphatic heterocycles. The number of carboxylic acid groups (broad SMARTS) is 1. The Balaban J connectivity index is 1.25. The molecule has 4 aliphatic carbocycles. The van der Waals surface area contributed by atoms with Crippen molar-refractivity contribution < 1.29 is 24.5 Å². The Bertz CT molecular complexity index is 1320. The van der Waals surface area contributed by atoms with Gasteiger partial charge in [-0.2, -0.15) is 0 Å². The highest BCUT2D eigenvalue weighted by Gasteiger charge is 2.64. The monoisotopic (exact) mass is 586 g/mol. The third kappa shape index (κ3) is 5.34. The van der Waals surface area contributed by atoms with Crippen LogP contribution in [0.4, 0.5) is 0 Å². The maximum atomic E-state index is 12.5. The van der Waals surface area contributed by atoms with Crippen molar-refractivity contribution in [3.63, 3.8) is 0 Å². The van der Waals surface area contributed by atoms with Gasteiger partial charge in [-0.1, -0.05) is 75.4 Å². The van der Waals surface area contributed by atoms with Gasteiger partial charge in [-0.25, -0.2) is 0 Å². The number of hydrogen-bond donors (Lipinski definition) is 2. The molecule has 0 amide bonds. The molecule has 4 saturated carbocycles. The lowest BCUT2D eigenvalue weighted by Crippen LogP contribution is -2.60. The van der Waals surface area contributed by atoms with Crippen LogP contribution in [0.3, 0.4) is 0 Å². The zero-order valence-electron chi connectivity index (χ0n) is 26.4. The van der Waals surface area contributed by atoms with E-state index in [9.17, 15) is 19.8 Å². The van der Waals surface area contributed by atoms with E-state index in [1.807, 2.05) is 18.2 Å². The van der Waals surface area contributed by atoms with E-state index in [4.69, 9.17) is 4.74 Å². The molecule has 6 rings (SSSR count). The van der Waals surface area contributed by atoms with Crippen LogP contribution < -0.4 is 0 Å². The van der Waals surface area contributed by atoms with Gasteiger partial charge in [-0.15, -0.1) is 0 Å². The molecular weight excluding hydrogens is 536 g/mol. The molecule has 2 aromatic carbocycles. The highest BCUT2D eigenvalue weighted by molar-refractivity contribution is 5.67. The highest BCUT2D eigenvalue weighted by Crippen LogP contribution is 2.69. The van der Waals surface area contributed by atoms with Crippen LogP contribution in [-0.4, -0.2) is 28.3 Å². The van der Waals surface area contributed by atoms with Crippen LogP contribution >= 0.6 is 0 Å². The summed E-state index contributed by atoms with van der Waals surface area (Å²) in [7, 11) is 0. The number of hydrogen-bond acceptors (Lipinski definition) is 4. The molecule has 2 N–H and O–H groups in total. The number of rotatable bonds is 7. The molecule has 232 valence electrons. The van der Waals surface area contributed by atoms with Crippen LogP contribution in [0.25, 0.3) is 11.1 Å².